The molecule has 3 nitrogen and oxygen atoms in total. The molecule has 0 unspecified atom stereocenters. The van der Waals surface area contributed by atoms with Crippen LogP contribution >= 0.6 is 0 Å². The minimum atomic E-state index is -0.635. The lowest BCUT2D eigenvalue weighted by Crippen LogP contribution is -2.20. The van der Waals surface area contributed by atoms with Gasteiger partial charge in [-0.1, -0.05) is 6.92 Å². The second kappa shape index (κ2) is 5.22. The van der Waals surface area contributed by atoms with Gasteiger partial charge in [0.1, 0.15) is 0 Å². The van der Waals surface area contributed by atoms with Gasteiger partial charge in [0.05, 0.1) is 12.7 Å². The summed E-state index contributed by atoms with van der Waals surface area (Å²) in [7, 11) is 1.39. The van der Waals surface area contributed by atoms with Crippen molar-refractivity contribution in [2.24, 2.45) is 5.92 Å². The molecule has 0 aromatic heterocycles. The van der Waals surface area contributed by atoms with Gasteiger partial charge >= 0.3 is 5.97 Å². The third-order valence-corrected chi connectivity index (χ3v) is 1.99. The highest BCUT2D eigenvalue weighted by Crippen LogP contribution is 2.18. The Kier molecular flexibility index (Phi) is 4.99. The van der Waals surface area contributed by atoms with Crippen molar-refractivity contribution in [3.63, 3.8) is 0 Å². The third-order valence-electron chi connectivity index (χ3n) is 1.99. The van der Waals surface area contributed by atoms with Gasteiger partial charge in [0.2, 0.25) is 0 Å². The first-order valence-electron chi connectivity index (χ1n) is 4.64. The van der Waals surface area contributed by atoms with E-state index in [1.54, 1.807) is 13.8 Å². The summed E-state index contributed by atoms with van der Waals surface area (Å²) in [5.41, 5.74) is -0.635. The molecular formula is C10H20O3. The fourth-order valence-electron chi connectivity index (χ4n) is 1.07. The van der Waals surface area contributed by atoms with Crippen molar-refractivity contribution in [1.29, 1.82) is 0 Å². The van der Waals surface area contributed by atoms with Gasteiger partial charge in [-0.2, -0.15) is 0 Å². The number of carbonyl (C=O) groups excluding carboxylic acids is 1. The number of aliphatic hydroxyl groups is 1. The summed E-state index contributed by atoms with van der Waals surface area (Å²) >= 11 is 0. The minimum Gasteiger partial charge on any atom is -0.469 e. The summed E-state index contributed by atoms with van der Waals surface area (Å²) in [6.07, 6.45) is 2.00. The molecule has 3 heteroatoms. The van der Waals surface area contributed by atoms with Crippen LogP contribution in [-0.4, -0.2) is 23.8 Å². The van der Waals surface area contributed by atoms with E-state index in [0.717, 1.165) is 6.42 Å². The maximum atomic E-state index is 10.9. The van der Waals surface area contributed by atoms with E-state index in [4.69, 9.17) is 0 Å². The Balaban J connectivity index is 3.63. The molecule has 0 bridgehead atoms. The van der Waals surface area contributed by atoms with Crippen LogP contribution in [0.25, 0.3) is 0 Å². The average molecular weight is 188 g/mol. The van der Waals surface area contributed by atoms with Gasteiger partial charge in [0.15, 0.2) is 0 Å². The number of hydrogen-bond donors (Lipinski definition) is 1. The van der Waals surface area contributed by atoms with E-state index in [2.05, 4.69) is 4.74 Å². The number of carbonyl (C=O) groups is 1. The molecular weight excluding hydrogens is 168 g/mol. The molecule has 78 valence electrons. The fraction of sp³-hybridized carbons (Fsp3) is 0.900. The summed E-state index contributed by atoms with van der Waals surface area (Å²) < 4.78 is 4.55. The number of hydrogen-bond acceptors (Lipinski definition) is 3. The van der Waals surface area contributed by atoms with Crippen LogP contribution in [0.1, 0.15) is 40.0 Å². The zero-order valence-electron chi connectivity index (χ0n) is 8.96. The molecule has 0 aliphatic heterocycles. The van der Waals surface area contributed by atoms with Crippen molar-refractivity contribution >= 4 is 5.97 Å². The lowest BCUT2D eigenvalue weighted by molar-refractivity contribution is -0.141. The molecule has 0 saturated heterocycles. The summed E-state index contributed by atoms with van der Waals surface area (Å²) in [5.74, 6) is 0.0992. The zero-order chi connectivity index (χ0) is 10.5. The summed E-state index contributed by atoms with van der Waals surface area (Å²) in [6, 6.07) is 0. The first-order chi connectivity index (χ1) is 5.85. The van der Waals surface area contributed by atoms with Gasteiger partial charge in [-0.15, -0.1) is 0 Å². The maximum absolute atomic E-state index is 10.9. The van der Waals surface area contributed by atoms with E-state index in [-0.39, 0.29) is 11.9 Å². The highest BCUT2D eigenvalue weighted by molar-refractivity contribution is 5.69. The Hall–Kier alpha value is -0.570. The van der Waals surface area contributed by atoms with E-state index in [0.29, 0.717) is 12.8 Å². The van der Waals surface area contributed by atoms with Crippen molar-refractivity contribution < 1.29 is 14.6 Å². The number of methoxy groups -OCH3 is 1. The molecule has 0 fully saturated rings. The predicted molar refractivity (Wildman–Crippen MR) is 51.3 cm³/mol. The van der Waals surface area contributed by atoms with Crippen LogP contribution in [0.4, 0.5) is 0 Å². The van der Waals surface area contributed by atoms with Crippen molar-refractivity contribution in [2.45, 2.75) is 45.6 Å². The third kappa shape index (κ3) is 7.78. The van der Waals surface area contributed by atoms with Crippen LogP contribution < -0.4 is 0 Å². The standard InChI is InChI=1S/C10H20O3/c1-8(7-9(11)13-4)5-6-10(2,3)12/h8,12H,5-7H2,1-4H3/t8-/m1/s1. The van der Waals surface area contributed by atoms with Gasteiger partial charge in [0.25, 0.3) is 0 Å². The summed E-state index contributed by atoms with van der Waals surface area (Å²) in [5, 5.41) is 9.44. The molecule has 0 aromatic carbocycles. The van der Waals surface area contributed by atoms with E-state index >= 15 is 0 Å². The zero-order valence-corrected chi connectivity index (χ0v) is 8.96. The minimum absolute atomic E-state index is 0.178. The fourth-order valence-corrected chi connectivity index (χ4v) is 1.07. The topological polar surface area (TPSA) is 46.5 Å². The summed E-state index contributed by atoms with van der Waals surface area (Å²) in [4.78, 5) is 10.9. The second-order valence-corrected chi connectivity index (χ2v) is 4.24. The van der Waals surface area contributed by atoms with Crippen LogP contribution in [0.2, 0.25) is 0 Å². The highest BCUT2D eigenvalue weighted by atomic mass is 16.5. The van der Waals surface area contributed by atoms with Crippen molar-refractivity contribution in [3.05, 3.63) is 0 Å². The molecule has 0 heterocycles. The Bertz CT molecular complexity index is 158. The molecule has 1 N–H and O–H groups in total. The van der Waals surface area contributed by atoms with Gasteiger partial charge < -0.3 is 9.84 Å². The Labute approximate surface area is 80.1 Å². The SMILES string of the molecule is COC(=O)C[C@H](C)CCC(C)(C)O. The number of esters is 1. The average Bonchev–Trinajstić information content (AvgIpc) is 1.99. The molecule has 13 heavy (non-hydrogen) atoms. The van der Waals surface area contributed by atoms with E-state index < -0.39 is 5.60 Å². The lowest BCUT2D eigenvalue weighted by atomic mass is 9.94. The van der Waals surface area contributed by atoms with Crippen LogP contribution in [0, 0.1) is 5.92 Å². The van der Waals surface area contributed by atoms with E-state index in [9.17, 15) is 9.90 Å². The molecule has 0 aliphatic rings. The van der Waals surface area contributed by atoms with Crippen molar-refractivity contribution in [2.75, 3.05) is 7.11 Å². The molecule has 0 aliphatic carbocycles. The monoisotopic (exact) mass is 188 g/mol. The van der Waals surface area contributed by atoms with Gasteiger partial charge in [0, 0.05) is 6.42 Å². The van der Waals surface area contributed by atoms with Crippen molar-refractivity contribution in [1.82, 2.24) is 0 Å². The first kappa shape index (κ1) is 12.4. The highest BCUT2D eigenvalue weighted by Gasteiger charge is 2.16. The van der Waals surface area contributed by atoms with Crippen LogP contribution in [-0.2, 0) is 9.53 Å². The molecule has 0 amide bonds. The molecule has 0 rings (SSSR count). The number of rotatable bonds is 5. The molecule has 0 saturated carbocycles. The summed E-state index contributed by atoms with van der Waals surface area (Å²) in [6.45, 7) is 5.54. The van der Waals surface area contributed by atoms with Gasteiger partial charge in [-0.25, -0.2) is 0 Å². The van der Waals surface area contributed by atoms with E-state index in [1.165, 1.54) is 7.11 Å². The van der Waals surface area contributed by atoms with Gasteiger partial charge in [-0.05, 0) is 32.6 Å². The molecule has 0 aromatic rings. The van der Waals surface area contributed by atoms with Crippen LogP contribution in [0.15, 0.2) is 0 Å². The molecule has 1 atom stereocenters. The Morgan fingerprint density at radius 2 is 2.08 bits per heavy atom. The molecule has 0 radical (unpaired) electrons. The molecule has 0 spiro atoms. The smallest absolute Gasteiger partial charge is 0.305 e. The normalized spacial score (nSPS) is 13.9. The maximum Gasteiger partial charge on any atom is 0.305 e. The van der Waals surface area contributed by atoms with Crippen LogP contribution in [0.3, 0.4) is 0 Å². The predicted octanol–water partition coefficient (Wildman–Crippen LogP) is 1.74. The largest absolute Gasteiger partial charge is 0.469 e. The lowest BCUT2D eigenvalue weighted by Gasteiger charge is -2.19. The first-order valence-corrected chi connectivity index (χ1v) is 4.64. The Morgan fingerprint density at radius 1 is 1.54 bits per heavy atom. The number of ether oxygens (including phenoxy) is 1. The quantitative estimate of drug-likeness (QED) is 0.668. The van der Waals surface area contributed by atoms with Crippen LogP contribution in [0.5, 0.6) is 0 Å². The van der Waals surface area contributed by atoms with Crippen molar-refractivity contribution in [3.8, 4) is 0 Å². The Morgan fingerprint density at radius 3 is 2.46 bits per heavy atom. The van der Waals surface area contributed by atoms with Gasteiger partial charge in [-0.3, -0.25) is 4.79 Å². The van der Waals surface area contributed by atoms with E-state index in [1.807, 2.05) is 6.92 Å². The second-order valence-electron chi connectivity index (χ2n) is 4.24.